The predicted molar refractivity (Wildman–Crippen MR) is 209 cm³/mol. The number of ketones is 2. The van der Waals surface area contributed by atoms with Crippen LogP contribution >= 0.6 is 0 Å². The Morgan fingerprint density at radius 2 is 1.63 bits per heavy atom. The van der Waals surface area contributed by atoms with Gasteiger partial charge in [-0.3, -0.25) is 9.59 Å². The summed E-state index contributed by atoms with van der Waals surface area (Å²) in [5, 5.41) is 37.4. The van der Waals surface area contributed by atoms with Gasteiger partial charge in [0.15, 0.2) is 11.5 Å². The van der Waals surface area contributed by atoms with Gasteiger partial charge in [-0.1, -0.05) is 54.6 Å². The van der Waals surface area contributed by atoms with Crippen LogP contribution in [-0.2, 0) is 35.3 Å². The first-order chi connectivity index (χ1) is 26.2. The van der Waals surface area contributed by atoms with Crippen molar-refractivity contribution in [1.29, 1.82) is 0 Å². The lowest BCUT2D eigenvalue weighted by Crippen LogP contribution is -2.37. The van der Waals surface area contributed by atoms with Gasteiger partial charge in [0.1, 0.15) is 23.1 Å². The average molecular weight is 724 g/mol. The number of hydrogen-bond donors (Lipinski definition) is 6. The number of aliphatic hydroxyl groups is 1. The molecule has 54 heavy (non-hydrogen) atoms. The molecule has 3 heterocycles. The highest BCUT2D eigenvalue weighted by Gasteiger charge is 2.42. The zero-order valence-corrected chi connectivity index (χ0v) is 30.3. The summed E-state index contributed by atoms with van der Waals surface area (Å²) in [4.78, 5) is 35.0. The second kappa shape index (κ2) is 14.6. The molecule has 3 aromatic carbocycles. The number of benzene rings is 3. The molecule has 0 saturated carbocycles. The fraction of sp³-hybridized carbons (Fsp3) is 0.289. The van der Waals surface area contributed by atoms with Crippen molar-refractivity contribution in [3.05, 3.63) is 141 Å². The van der Waals surface area contributed by atoms with E-state index in [0.717, 1.165) is 50.5 Å². The van der Waals surface area contributed by atoms with Crippen LogP contribution in [0.5, 0.6) is 17.2 Å². The lowest BCUT2D eigenvalue weighted by Gasteiger charge is -2.37. The van der Waals surface area contributed by atoms with E-state index in [1.807, 2.05) is 60.9 Å². The quantitative estimate of drug-likeness (QED) is 0.106. The number of aromatic amines is 2. The van der Waals surface area contributed by atoms with Crippen LogP contribution in [-0.4, -0.2) is 56.1 Å². The largest absolute Gasteiger partial charge is 0.507 e. The fourth-order valence-corrected chi connectivity index (χ4v) is 8.64. The molecule has 2 aliphatic carbocycles. The van der Waals surface area contributed by atoms with Gasteiger partial charge in [-0.15, -0.1) is 0 Å². The number of Topliss-reactive ketones (excluding diaryl/α,β-unsaturated/α-hetero) is 2. The van der Waals surface area contributed by atoms with Crippen molar-refractivity contribution >= 4 is 29.5 Å². The maximum atomic E-state index is 14.6. The molecule has 9 heteroatoms. The van der Waals surface area contributed by atoms with Gasteiger partial charge in [0.05, 0.1) is 19.1 Å². The van der Waals surface area contributed by atoms with Crippen molar-refractivity contribution in [2.45, 2.75) is 62.9 Å². The number of aromatic nitrogens is 2. The van der Waals surface area contributed by atoms with Crippen molar-refractivity contribution in [3.63, 3.8) is 0 Å². The number of methoxy groups -OCH3 is 1. The van der Waals surface area contributed by atoms with Crippen LogP contribution in [0, 0.1) is 5.92 Å². The molecule has 1 aliphatic heterocycles. The van der Waals surface area contributed by atoms with Gasteiger partial charge in [0, 0.05) is 66.9 Å². The summed E-state index contributed by atoms with van der Waals surface area (Å²) in [7, 11) is 1.52. The Labute approximate surface area is 314 Å². The SMILES string of the molecule is COc1cc2cc(c1O)Cc1cccc(c1)Cc1cc[nH]c1NCC1=Cc3[nH]ccc3[C@@H](C[C@]3(O)C=Cc4c(O)cccc4CC3)[C@@H]1C(=O)CC(=O)CC2. The Bertz CT molecular complexity index is 2300. The van der Waals surface area contributed by atoms with E-state index in [1.165, 1.54) is 7.11 Å². The molecule has 4 bridgehead atoms. The Hall–Kier alpha value is -5.80. The van der Waals surface area contributed by atoms with Crippen molar-refractivity contribution in [3.8, 4) is 17.2 Å². The average Bonchev–Trinajstić information content (AvgIpc) is 3.78. The molecule has 3 atom stereocenters. The van der Waals surface area contributed by atoms with E-state index in [4.69, 9.17) is 4.74 Å². The van der Waals surface area contributed by atoms with Crippen molar-refractivity contribution in [1.82, 2.24) is 9.97 Å². The van der Waals surface area contributed by atoms with Crippen LogP contribution in [0.2, 0.25) is 0 Å². The summed E-state index contributed by atoms with van der Waals surface area (Å²) in [6, 6.07) is 21.4. The monoisotopic (exact) mass is 723 g/mol. The Morgan fingerprint density at radius 1 is 0.833 bits per heavy atom. The number of carbonyl (C=O) groups is 2. The molecule has 0 unspecified atom stereocenters. The summed E-state index contributed by atoms with van der Waals surface area (Å²) >= 11 is 0. The Kier molecular flexibility index (Phi) is 9.50. The summed E-state index contributed by atoms with van der Waals surface area (Å²) in [5.74, 6) is -0.00142. The highest BCUT2D eigenvalue weighted by Crippen LogP contribution is 2.46. The van der Waals surface area contributed by atoms with Crippen molar-refractivity contribution in [2.75, 3.05) is 19.0 Å². The number of anilines is 1. The number of rotatable bonds is 3. The summed E-state index contributed by atoms with van der Waals surface area (Å²) < 4.78 is 5.53. The third kappa shape index (κ3) is 7.11. The maximum absolute atomic E-state index is 14.6. The van der Waals surface area contributed by atoms with Crippen molar-refractivity contribution < 1.29 is 29.6 Å². The van der Waals surface area contributed by atoms with Crippen LogP contribution in [0.3, 0.4) is 0 Å². The molecule has 6 N–H and O–H groups in total. The lowest BCUT2D eigenvalue weighted by molar-refractivity contribution is -0.129. The third-order valence-electron chi connectivity index (χ3n) is 11.4. The Morgan fingerprint density at radius 3 is 2.46 bits per heavy atom. The molecule has 9 nitrogen and oxygen atoms in total. The number of nitrogens with one attached hydrogen (secondary N) is 3. The predicted octanol–water partition coefficient (Wildman–Crippen LogP) is 7.41. The molecule has 5 aromatic rings. The van der Waals surface area contributed by atoms with E-state index in [9.17, 15) is 24.9 Å². The number of phenolic OH excluding ortho intramolecular Hbond substituents is 2. The number of aryl methyl sites for hydroxylation is 2. The third-order valence-corrected chi connectivity index (χ3v) is 11.4. The van der Waals surface area contributed by atoms with Crippen LogP contribution in [0.1, 0.15) is 81.8 Å². The van der Waals surface area contributed by atoms with Gasteiger partial charge in [-0.25, -0.2) is 0 Å². The standard InChI is InChI=1S/C45H45N3O6/c1-54-41-22-29-8-9-34(49)24-40(51)42-33(26-48-44-31(12-16-47-44)19-27-4-2-5-28(18-27)20-32(21-29)43(41)52)23-38-36(13-17-46-38)37(42)25-45(53)14-10-30-6-3-7-39(50)35(30)11-15-45/h2-7,11-13,15-18,21-23,37,42,46-48,50,52-53H,8-10,14,19-20,24-26H2,1H3/t37-,42-,45-/m1/s1. The smallest absolute Gasteiger partial charge is 0.161 e. The first-order valence-corrected chi connectivity index (χ1v) is 18.7. The number of ether oxygens (including phenoxy) is 1. The van der Waals surface area contributed by atoms with Gasteiger partial charge in [-0.2, -0.15) is 0 Å². The van der Waals surface area contributed by atoms with Gasteiger partial charge in [-0.05, 0) is 95.0 Å². The summed E-state index contributed by atoms with van der Waals surface area (Å²) in [5.41, 5.74) is 7.80. The van der Waals surface area contributed by atoms with E-state index >= 15 is 0 Å². The van der Waals surface area contributed by atoms with E-state index in [1.54, 1.807) is 24.3 Å². The van der Waals surface area contributed by atoms with Crippen LogP contribution in [0.15, 0.2) is 90.8 Å². The highest BCUT2D eigenvalue weighted by atomic mass is 16.5. The Balaban J connectivity index is 1.16. The highest BCUT2D eigenvalue weighted by molar-refractivity contribution is 6.02. The lowest BCUT2D eigenvalue weighted by atomic mass is 9.68. The molecule has 2 aromatic heterocycles. The van der Waals surface area contributed by atoms with Gasteiger partial charge in [0.25, 0.3) is 0 Å². The summed E-state index contributed by atoms with van der Waals surface area (Å²) in [6.45, 7) is 0.353. The molecular weight excluding hydrogens is 679 g/mol. The number of hydrogen-bond acceptors (Lipinski definition) is 7. The zero-order chi connectivity index (χ0) is 37.4. The minimum Gasteiger partial charge on any atom is -0.507 e. The zero-order valence-electron chi connectivity index (χ0n) is 30.3. The van der Waals surface area contributed by atoms with Crippen molar-refractivity contribution in [2.24, 2.45) is 5.92 Å². The topological polar surface area (TPSA) is 148 Å². The minimum absolute atomic E-state index is 0.0776. The van der Waals surface area contributed by atoms with Crippen LogP contribution < -0.4 is 10.1 Å². The van der Waals surface area contributed by atoms with E-state index < -0.39 is 17.4 Å². The van der Waals surface area contributed by atoms with Gasteiger partial charge in [0.2, 0.25) is 0 Å². The maximum Gasteiger partial charge on any atom is 0.161 e. The van der Waals surface area contributed by atoms with E-state index in [0.29, 0.717) is 55.5 Å². The fourth-order valence-electron chi connectivity index (χ4n) is 8.64. The number of H-pyrrole nitrogens is 2. The second-order valence-electron chi connectivity index (χ2n) is 15.0. The first kappa shape index (κ1) is 35.2. The number of aromatic hydroxyl groups is 2. The summed E-state index contributed by atoms with van der Waals surface area (Å²) in [6.07, 6.45) is 12.0. The molecule has 0 saturated heterocycles. The number of fused-ring (bicyclic) bond motifs is 8. The molecule has 3 aliphatic rings. The second-order valence-corrected chi connectivity index (χ2v) is 15.0. The van der Waals surface area contributed by atoms with Crippen LogP contribution in [0.4, 0.5) is 5.82 Å². The normalized spacial score (nSPS) is 21.5. The first-order valence-electron chi connectivity index (χ1n) is 18.7. The van der Waals surface area contributed by atoms with E-state index in [2.05, 4.69) is 27.4 Å². The number of phenols is 2. The number of carbonyl (C=O) groups excluding carboxylic acids is 2. The van der Waals surface area contributed by atoms with E-state index in [-0.39, 0.29) is 42.3 Å². The molecule has 0 radical (unpaired) electrons. The minimum atomic E-state index is -1.27. The van der Waals surface area contributed by atoms with Gasteiger partial charge < -0.3 is 35.3 Å². The molecule has 276 valence electrons. The molecule has 0 spiro atoms. The van der Waals surface area contributed by atoms with Crippen LogP contribution in [0.25, 0.3) is 12.2 Å². The van der Waals surface area contributed by atoms with Gasteiger partial charge >= 0.3 is 0 Å². The molecule has 0 fully saturated rings. The molecular formula is C45H45N3O6. The molecule has 8 rings (SSSR count). The molecule has 0 amide bonds.